The van der Waals surface area contributed by atoms with E-state index in [0.717, 1.165) is 11.3 Å². The molecule has 1 amide bonds. The second-order valence-corrected chi connectivity index (χ2v) is 6.32. The van der Waals surface area contributed by atoms with Gasteiger partial charge in [0.05, 0.1) is 12.2 Å². The second-order valence-electron chi connectivity index (χ2n) is 5.21. The molecule has 0 fully saturated rings. The van der Waals surface area contributed by atoms with Gasteiger partial charge in [-0.2, -0.15) is 11.8 Å². The smallest absolute Gasteiger partial charge is 0.251 e. The number of carbonyl (C=O) groups is 1. The molecule has 0 saturated heterocycles. The fraction of sp³-hybridized carbons (Fsp3) is 0.533. The van der Waals surface area contributed by atoms with E-state index in [4.69, 9.17) is 4.74 Å². The lowest BCUT2D eigenvalue weighted by atomic mass is 10.1. The fourth-order valence-electron chi connectivity index (χ4n) is 1.68. The molecule has 0 bridgehead atoms. The van der Waals surface area contributed by atoms with Crippen molar-refractivity contribution in [1.82, 2.24) is 5.32 Å². The molecule has 112 valence electrons. The van der Waals surface area contributed by atoms with Crippen LogP contribution in [0, 0.1) is 0 Å². The second kappa shape index (κ2) is 8.29. The van der Waals surface area contributed by atoms with Gasteiger partial charge in [0, 0.05) is 30.7 Å². The Hall–Kier alpha value is -1.04. The van der Waals surface area contributed by atoms with Crippen molar-refractivity contribution in [1.29, 1.82) is 0 Å². The lowest BCUT2D eigenvalue weighted by Gasteiger charge is -2.16. The van der Waals surface area contributed by atoms with E-state index in [1.165, 1.54) is 0 Å². The Morgan fingerprint density at radius 2 is 2.10 bits per heavy atom. The first-order chi connectivity index (χ1) is 9.44. The number of thioether (sulfide) groups is 1. The minimum atomic E-state index is -0.667. The first kappa shape index (κ1) is 17.0. The SMILES string of the molecule is COCc1ccccc1C(=O)NCCSCC(C)(C)O. The molecule has 0 atom stereocenters. The number of nitrogens with one attached hydrogen (secondary N) is 1. The van der Waals surface area contributed by atoms with Gasteiger partial charge in [-0.3, -0.25) is 4.79 Å². The Morgan fingerprint density at radius 1 is 1.40 bits per heavy atom. The molecule has 0 spiro atoms. The van der Waals surface area contributed by atoms with E-state index in [9.17, 15) is 9.90 Å². The Morgan fingerprint density at radius 3 is 2.75 bits per heavy atom. The summed E-state index contributed by atoms with van der Waals surface area (Å²) in [7, 11) is 1.61. The van der Waals surface area contributed by atoms with Crippen LogP contribution in [-0.4, -0.2) is 41.8 Å². The van der Waals surface area contributed by atoms with Gasteiger partial charge in [-0.25, -0.2) is 0 Å². The minimum Gasteiger partial charge on any atom is -0.390 e. The van der Waals surface area contributed by atoms with E-state index in [0.29, 0.717) is 24.5 Å². The molecule has 5 heteroatoms. The van der Waals surface area contributed by atoms with Crippen molar-refractivity contribution in [3.63, 3.8) is 0 Å². The highest BCUT2D eigenvalue weighted by atomic mass is 32.2. The third-order valence-corrected chi connectivity index (χ3v) is 3.95. The van der Waals surface area contributed by atoms with Crippen molar-refractivity contribution < 1.29 is 14.6 Å². The highest BCUT2D eigenvalue weighted by Crippen LogP contribution is 2.12. The zero-order valence-electron chi connectivity index (χ0n) is 12.3. The number of amides is 1. The highest BCUT2D eigenvalue weighted by molar-refractivity contribution is 7.99. The summed E-state index contributed by atoms with van der Waals surface area (Å²) in [4.78, 5) is 12.1. The van der Waals surface area contributed by atoms with E-state index < -0.39 is 5.60 Å². The van der Waals surface area contributed by atoms with Gasteiger partial charge in [-0.15, -0.1) is 0 Å². The van der Waals surface area contributed by atoms with Crippen LogP contribution in [0.4, 0.5) is 0 Å². The van der Waals surface area contributed by atoms with Gasteiger partial charge in [-0.1, -0.05) is 18.2 Å². The van der Waals surface area contributed by atoms with E-state index in [-0.39, 0.29) is 5.91 Å². The summed E-state index contributed by atoms with van der Waals surface area (Å²) in [6.45, 7) is 4.57. The van der Waals surface area contributed by atoms with Crippen molar-refractivity contribution in [3.05, 3.63) is 35.4 Å². The van der Waals surface area contributed by atoms with E-state index in [1.54, 1.807) is 38.8 Å². The van der Waals surface area contributed by atoms with Gasteiger partial charge < -0.3 is 15.2 Å². The molecule has 0 aliphatic heterocycles. The summed E-state index contributed by atoms with van der Waals surface area (Å²) in [5.41, 5.74) is 0.873. The molecular formula is C15H23NO3S. The van der Waals surface area contributed by atoms with Crippen LogP contribution in [0.2, 0.25) is 0 Å². The maximum Gasteiger partial charge on any atom is 0.251 e. The van der Waals surface area contributed by atoms with Crippen molar-refractivity contribution in [2.24, 2.45) is 0 Å². The Kier molecular flexibility index (Phi) is 7.05. The summed E-state index contributed by atoms with van der Waals surface area (Å²) in [6, 6.07) is 7.43. The zero-order valence-corrected chi connectivity index (χ0v) is 13.1. The Bertz CT molecular complexity index is 429. The topological polar surface area (TPSA) is 58.6 Å². The predicted molar refractivity (Wildman–Crippen MR) is 83.1 cm³/mol. The van der Waals surface area contributed by atoms with Crippen LogP contribution in [0.3, 0.4) is 0 Å². The monoisotopic (exact) mass is 297 g/mol. The third-order valence-electron chi connectivity index (χ3n) is 2.55. The summed E-state index contributed by atoms with van der Waals surface area (Å²) in [5, 5.41) is 12.5. The maximum absolute atomic E-state index is 12.1. The summed E-state index contributed by atoms with van der Waals surface area (Å²) in [6.07, 6.45) is 0. The molecule has 4 nitrogen and oxygen atoms in total. The molecule has 0 unspecified atom stereocenters. The van der Waals surface area contributed by atoms with Crippen LogP contribution >= 0.6 is 11.8 Å². The van der Waals surface area contributed by atoms with Crippen molar-refractivity contribution >= 4 is 17.7 Å². The Labute approximate surface area is 124 Å². The zero-order chi connectivity index (χ0) is 15.0. The maximum atomic E-state index is 12.1. The first-order valence-electron chi connectivity index (χ1n) is 6.59. The number of carbonyl (C=O) groups excluding carboxylic acids is 1. The van der Waals surface area contributed by atoms with Crippen LogP contribution in [0.5, 0.6) is 0 Å². The normalized spacial score (nSPS) is 11.4. The van der Waals surface area contributed by atoms with E-state index in [1.807, 2.05) is 18.2 Å². The minimum absolute atomic E-state index is 0.0819. The average Bonchev–Trinajstić information content (AvgIpc) is 2.38. The highest BCUT2D eigenvalue weighted by Gasteiger charge is 2.12. The van der Waals surface area contributed by atoms with Gasteiger partial charge in [0.25, 0.3) is 5.91 Å². The first-order valence-corrected chi connectivity index (χ1v) is 7.74. The largest absolute Gasteiger partial charge is 0.390 e. The van der Waals surface area contributed by atoms with Crippen molar-refractivity contribution in [2.75, 3.05) is 25.2 Å². The summed E-state index contributed by atoms with van der Waals surface area (Å²) in [5.74, 6) is 1.35. The number of aliphatic hydroxyl groups is 1. The molecule has 0 saturated carbocycles. The Balaban J connectivity index is 2.40. The molecule has 0 radical (unpaired) electrons. The molecule has 0 aliphatic rings. The van der Waals surface area contributed by atoms with Gasteiger partial charge >= 0.3 is 0 Å². The number of ether oxygens (including phenoxy) is 1. The molecule has 0 aliphatic carbocycles. The van der Waals surface area contributed by atoms with Gasteiger partial charge in [0.2, 0.25) is 0 Å². The molecule has 1 aromatic rings. The molecular weight excluding hydrogens is 274 g/mol. The summed E-state index contributed by atoms with van der Waals surface area (Å²) < 4.78 is 5.09. The fourth-order valence-corrected chi connectivity index (χ4v) is 2.57. The number of hydrogen-bond donors (Lipinski definition) is 2. The molecule has 1 aromatic carbocycles. The molecule has 0 aromatic heterocycles. The van der Waals surface area contributed by atoms with Crippen LogP contribution in [-0.2, 0) is 11.3 Å². The van der Waals surface area contributed by atoms with Gasteiger partial charge in [0.15, 0.2) is 0 Å². The predicted octanol–water partition coefficient (Wildman–Crippen LogP) is 2.07. The molecule has 1 rings (SSSR count). The number of benzene rings is 1. The van der Waals surface area contributed by atoms with Crippen LogP contribution in [0.15, 0.2) is 24.3 Å². The lowest BCUT2D eigenvalue weighted by Crippen LogP contribution is -2.28. The molecule has 20 heavy (non-hydrogen) atoms. The number of rotatable bonds is 8. The van der Waals surface area contributed by atoms with Gasteiger partial charge in [-0.05, 0) is 25.5 Å². The van der Waals surface area contributed by atoms with Crippen LogP contribution in [0.25, 0.3) is 0 Å². The average molecular weight is 297 g/mol. The number of methoxy groups -OCH3 is 1. The van der Waals surface area contributed by atoms with Crippen molar-refractivity contribution in [2.45, 2.75) is 26.1 Å². The summed E-state index contributed by atoms with van der Waals surface area (Å²) >= 11 is 1.62. The number of hydrogen-bond acceptors (Lipinski definition) is 4. The standard InChI is InChI=1S/C15H23NO3S/c1-15(2,18)11-20-9-8-16-14(17)13-7-5-4-6-12(13)10-19-3/h4-7,18H,8-11H2,1-3H3,(H,16,17). The van der Waals surface area contributed by atoms with E-state index >= 15 is 0 Å². The third kappa shape index (κ3) is 6.41. The quantitative estimate of drug-likeness (QED) is 0.721. The van der Waals surface area contributed by atoms with E-state index in [2.05, 4.69) is 5.32 Å². The lowest BCUT2D eigenvalue weighted by molar-refractivity contribution is 0.0951. The molecule has 0 heterocycles. The van der Waals surface area contributed by atoms with Crippen LogP contribution in [0.1, 0.15) is 29.8 Å². The van der Waals surface area contributed by atoms with Crippen molar-refractivity contribution in [3.8, 4) is 0 Å². The van der Waals surface area contributed by atoms with Crippen LogP contribution < -0.4 is 5.32 Å². The molecule has 2 N–H and O–H groups in total. The van der Waals surface area contributed by atoms with Gasteiger partial charge in [0.1, 0.15) is 0 Å².